The summed E-state index contributed by atoms with van der Waals surface area (Å²) in [6.45, 7) is 1.15. The van der Waals surface area contributed by atoms with Crippen LogP contribution in [0.15, 0.2) is 0 Å². The molecule has 13 heavy (non-hydrogen) atoms. The van der Waals surface area contributed by atoms with Crippen molar-refractivity contribution < 1.29 is 4.74 Å². The molecule has 7 rings (SSSR count). The van der Waals surface area contributed by atoms with Crippen molar-refractivity contribution in [3.05, 3.63) is 0 Å². The molecule has 7 aliphatic rings. The highest BCUT2D eigenvalue weighted by atomic mass is 16.6. The lowest BCUT2D eigenvalue weighted by Gasteiger charge is -2.33. The Bertz CT molecular complexity index is 315. The van der Waals surface area contributed by atoms with Gasteiger partial charge in [-0.2, -0.15) is 0 Å². The molecule has 1 nitrogen and oxygen atoms in total. The van der Waals surface area contributed by atoms with Crippen LogP contribution in [-0.2, 0) is 4.74 Å². The van der Waals surface area contributed by atoms with E-state index in [-0.39, 0.29) is 0 Å². The molecule has 6 aliphatic carbocycles. The van der Waals surface area contributed by atoms with Gasteiger partial charge in [0.15, 0.2) is 0 Å². The molecule has 68 valence electrons. The molecule has 0 N–H and O–H groups in total. The molecular formula is C12H14O. The van der Waals surface area contributed by atoms with E-state index in [1.54, 1.807) is 12.8 Å². The van der Waals surface area contributed by atoms with E-state index in [1.807, 2.05) is 0 Å². The highest BCUT2D eigenvalue weighted by Gasteiger charge is 2.88. The predicted octanol–water partition coefficient (Wildman–Crippen LogP) is 1.53. The van der Waals surface area contributed by atoms with Crippen molar-refractivity contribution in [1.82, 2.24) is 0 Å². The number of hydrogen-bond donors (Lipinski definition) is 0. The third kappa shape index (κ3) is 0.319. The van der Waals surface area contributed by atoms with Gasteiger partial charge in [-0.1, -0.05) is 0 Å². The standard InChI is InChI=1S/C12H14O/c1-4-5-2-7-8(4)10-6(1)9(5)11(7)12(10)3-13-12/h4-11H,1-3H2/t4-,5+,6-,7+,8+,9-,10-,11-,12?/m1/s1. The lowest BCUT2D eigenvalue weighted by Crippen LogP contribution is -2.30. The minimum Gasteiger partial charge on any atom is -0.369 e. The zero-order valence-corrected chi connectivity index (χ0v) is 7.65. The van der Waals surface area contributed by atoms with E-state index in [1.165, 1.54) is 11.8 Å². The van der Waals surface area contributed by atoms with Crippen molar-refractivity contribution in [2.75, 3.05) is 6.61 Å². The average Bonchev–Trinajstić information content (AvgIpc) is 2.43. The molecule has 0 aromatic rings. The molecule has 0 radical (unpaired) electrons. The van der Waals surface area contributed by atoms with Gasteiger partial charge in [0.1, 0.15) is 0 Å². The van der Waals surface area contributed by atoms with Crippen LogP contribution in [0.1, 0.15) is 12.8 Å². The van der Waals surface area contributed by atoms with Crippen molar-refractivity contribution in [1.29, 1.82) is 0 Å². The van der Waals surface area contributed by atoms with Crippen molar-refractivity contribution in [3.63, 3.8) is 0 Å². The molecule has 1 heteroatoms. The highest BCUT2D eigenvalue weighted by molar-refractivity contribution is 5.35. The maximum Gasteiger partial charge on any atom is 0.0983 e. The van der Waals surface area contributed by atoms with E-state index in [9.17, 15) is 0 Å². The van der Waals surface area contributed by atoms with Crippen LogP contribution in [-0.4, -0.2) is 12.2 Å². The first-order valence-corrected chi connectivity index (χ1v) is 6.06. The lowest BCUT2D eigenvalue weighted by atomic mass is 9.71. The topological polar surface area (TPSA) is 12.5 Å². The van der Waals surface area contributed by atoms with Gasteiger partial charge in [-0.3, -0.25) is 0 Å². The fraction of sp³-hybridized carbons (Fsp3) is 1.00. The van der Waals surface area contributed by atoms with Crippen LogP contribution in [0.5, 0.6) is 0 Å². The summed E-state index contributed by atoms with van der Waals surface area (Å²) >= 11 is 0. The van der Waals surface area contributed by atoms with Crippen LogP contribution in [0.4, 0.5) is 0 Å². The maximum atomic E-state index is 5.92. The van der Waals surface area contributed by atoms with E-state index >= 15 is 0 Å². The van der Waals surface area contributed by atoms with Gasteiger partial charge in [0, 0.05) is 0 Å². The molecule has 0 amide bonds. The Morgan fingerprint density at radius 2 is 1.38 bits per heavy atom. The predicted molar refractivity (Wildman–Crippen MR) is 45.8 cm³/mol. The third-order valence-corrected chi connectivity index (χ3v) is 6.97. The summed E-state index contributed by atoms with van der Waals surface area (Å²) < 4.78 is 5.92. The first kappa shape index (κ1) is 5.75. The molecule has 6 bridgehead atoms. The van der Waals surface area contributed by atoms with Gasteiger partial charge in [-0.05, 0) is 60.2 Å². The summed E-state index contributed by atoms with van der Waals surface area (Å²) in [6.07, 6.45) is 3.23. The molecule has 1 unspecified atom stereocenters. The van der Waals surface area contributed by atoms with Crippen LogP contribution < -0.4 is 0 Å². The van der Waals surface area contributed by atoms with Gasteiger partial charge in [-0.15, -0.1) is 0 Å². The summed E-state index contributed by atoms with van der Waals surface area (Å²) in [6, 6.07) is 0. The van der Waals surface area contributed by atoms with E-state index in [2.05, 4.69) is 0 Å². The smallest absolute Gasteiger partial charge is 0.0983 e. The second-order valence-electron chi connectivity index (χ2n) is 6.58. The fourth-order valence-corrected chi connectivity index (χ4v) is 7.29. The van der Waals surface area contributed by atoms with E-state index in [0.29, 0.717) is 5.60 Å². The maximum absolute atomic E-state index is 5.92. The van der Waals surface area contributed by atoms with Crippen molar-refractivity contribution in [2.24, 2.45) is 47.3 Å². The first-order chi connectivity index (χ1) is 6.42. The molecule has 1 heterocycles. The molecule has 6 saturated carbocycles. The summed E-state index contributed by atoms with van der Waals surface area (Å²) in [7, 11) is 0. The van der Waals surface area contributed by atoms with Crippen molar-refractivity contribution in [2.45, 2.75) is 18.4 Å². The van der Waals surface area contributed by atoms with Gasteiger partial charge in [-0.25, -0.2) is 0 Å². The van der Waals surface area contributed by atoms with Crippen LogP contribution in [0, 0.1) is 47.3 Å². The Morgan fingerprint density at radius 3 is 1.85 bits per heavy atom. The van der Waals surface area contributed by atoms with Crippen LogP contribution in [0.25, 0.3) is 0 Å². The second kappa shape index (κ2) is 1.25. The summed E-state index contributed by atoms with van der Waals surface area (Å²) in [5, 5.41) is 0. The lowest BCUT2D eigenvalue weighted by molar-refractivity contribution is 0.132. The van der Waals surface area contributed by atoms with Crippen LogP contribution >= 0.6 is 0 Å². The molecule has 1 saturated heterocycles. The molecular weight excluding hydrogens is 160 g/mol. The number of rotatable bonds is 0. The molecule has 0 aromatic heterocycles. The Hall–Kier alpha value is -0.0400. The fourth-order valence-electron chi connectivity index (χ4n) is 7.29. The van der Waals surface area contributed by atoms with Crippen molar-refractivity contribution >= 4 is 0 Å². The molecule has 1 aliphatic heterocycles. The Kier molecular flexibility index (Phi) is 0.551. The summed E-state index contributed by atoms with van der Waals surface area (Å²) in [4.78, 5) is 0. The van der Waals surface area contributed by atoms with Crippen molar-refractivity contribution in [3.8, 4) is 0 Å². The number of epoxide rings is 1. The molecule has 0 aromatic carbocycles. The van der Waals surface area contributed by atoms with E-state index in [4.69, 9.17) is 4.74 Å². The quantitative estimate of drug-likeness (QED) is 0.507. The molecule has 1 spiro atoms. The molecule has 7 fully saturated rings. The van der Waals surface area contributed by atoms with Gasteiger partial charge in [0.2, 0.25) is 0 Å². The highest BCUT2D eigenvalue weighted by Crippen LogP contribution is 2.87. The van der Waals surface area contributed by atoms with Crippen LogP contribution in [0.2, 0.25) is 0 Å². The Labute approximate surface area is 77.8 Å². The Morgan fingerprint density at radius 1 is 0.846 bits per heavy atom. The van der Waals surface area contributed by atoms with E-state index in [0.717, 1.165) is 42.1 Å². The monoisotopic (exact) mass is 174 g/mol. The SMILES string of the molecule is C1[C@@H]2[C@@H]3C[C@H]4[C@H]2[C@H]2[C@H]1[C@@H]3[C@@H]4C21CO1. The number of ether oxygens (including phenoxy) is 1. The zero-order chi connectivity index (χ0) is 7.95. The normalized spacial score (nSPS) is 88.6. The Balaban J connectivity index is 1.78. The minimum atomic E-state index is 0.505. The minimum absolute atomic E-state index is 0.505. The first-order valence-electron chi connectivity index (χ1n) is 6.06. The summed E-state index contributed by atoms with van der Waals surface area (Å²) in [5.41, 5.74) is 0.505. The summed E-state index contributed by atoms with van der Waals surface area (Å²) in [5.74, 6) is 9.11. The van der Waals surface area contributed by atoms with Gasteiger partial charge in [0.25, 0.3) is 0 Å². The van der Waals surface area contributed by atoms with Gasteiger partial charge >= 0.3 is 0 Å². The average molecular weight is 174 g/mol. The van der Waals surface area contributed by atoms with Crippen LogP contribution in [0.3, 0.4) is 0 Å². The van der Waals surface area contributed by atoms with E-state index < -0.39 is 0 Å². The largest absolute Gasteiger partial charge is 0.369 e. The number of hydrogen-bond acceptors (Lipinski definition) is 1. The second-order valence-corrected chi connectivity index (χ2v) is 6.58. The van der Waals surface area contributed by atoms with Gasteiger partial charge in [0.05, 0.1) is 12.2 Å². The third-order valence-electron chi connectivity index (χ3n) is 6.97. The molecule has 9 atom stereocenters. The zero-order valence-electron chi connectivity index (χ0n) is 7.65. The van der Waals surface area contributed by atoms with Gasteiger partial charge < -0.3 is 4.74 Å².